The van der Waals surface area contributed by atoms with Gasteiger partial charge in [0.25, 0.3) is 0 Å². The van der Waals surface area contributed by atoms with E-state index in [-0.39, 0.29) is 12.5 Å². The Bertz CT molecular complexity index is 175. The minimum Gasteiger partial charge on any atom is -0.481 e. The van der Waals surface area contributed by atoms with Crippen LogP contribution in [-0.2, 0) is 9.53 Å². The van der Waals surface area contributed by atoms with Gasteiger partial charge in [0.05, 0.1) is 12.5 Å². The zero-order chi connectivity index (χ0) is 10.8. The molecule has 0 fully saturated rings. The fourth-order valence-corrected chi connectivity index (χ4v) is 1.16. The third-order valence-corrected chi connectivity index (χ3v) is 2.00. The third kappa shape index (κ3) is 7.80. The van der Waals surface area contributed by atoms with Crippen molar-refractivity contribution in [2.45, 2.75) is 45.1 Å². The Morgan fingerprint density at radius 3 is 2.71 bits per heavy atom. The largest absolute Gasteiger partial charge is 0.481 e. The second-order valence-electron chi connectivity index (χ2n) is 3.30. The van der Waals surface area contributed by atoms with Gasteiger partial charge in [0.1, 0.15) is 0 Å². The highest BCUT2D eigenvalue weighted by Crippen LogP contribution is 2.03. The lowest BCUT2D eigenvalue weighted by atomic mass is 10.1. The van der Waals surface area contributed by atoms with Crippen molar-refractivity contribution in [2.24, 2.45) is 0 Å². The Morgan fingerprint density at radius 2 is 2.21 bits per heavy atom. The van der Waals surface area contributed by atoms with Gasteiger partial charge in [-0.15, -0.1) is 0 Å². The van der Waals surface area contributed by atoms with Gasteiger partial charge in [0.2, 0.25) is 0 Å². The van der Waals surface area contributed by atoms with E-state index < -0.39 is 5.97 Å². The number of carboxylic acid groups (broad SMARTS) is 1. The first-order valence-electron chi connectivity index (χ1n) is 5.12. The lowest BCUT2D eigenvalue weighted by Crippen LogP contribution is -2.12. The Balaban J connectivity index is 3.63. The molecule has 14 heavy (non-hydrogen) atoms. The van der Waals surface area contributed by atoms with E-state index in [2.05, 4.69) is 6.92 Å². The maximum absolute atomic E-state index is 10.4. The molecule has 0 radical (unpaired) electrons. The first kappa shape index (κ1) is 13.2. The fourth-order valence-electron chi connectivity index (χ4n) is 1.16. The summed E-state index contributed by atoms with van der Waals surface area (Å²) in [7, 11) is 1.53. The van der Waals surface area contributed by atoms with Crippen molar-refractivity contribution in [2.75, 3.05) is 7.11 Å². The third-order valence-electron chi connectivity index (χ3n) is 2.00. The molecule has 1 unspecified atom stereocenters. The fraction of sp³-hybridized carbons (Fsp3) is 0.727. The molecule has 0 aliphatic heterocycles. The number of methoxy groups -OCH3 is 1. The number of aliphatic carboxylic acids is 1. The van der Waals surface area contributed by atoms with Gasteiger partial charge in [0.15, 0.2) is 0 Å². The number of allylic oxidation sites excluding steroid dienone is 1. The smallest absolute Gasteiger partial charge is 0.306 e. The number of ether oxygens (including phenoxy) is 1. The number of hydrogen-bond acceptors (Lipinski definition) is 2. The highest BCUT2D eigenvalue weighted by Gasteiger charge is 2.07. The minimum absolute atomic E-state index is 0.0424. The molecule has 82 valence electrons. The molecule has 0 aliphatic rings. The summed E-state index contributed by atoms with van der Waals surface area (Å²) in [5, 5.41) is 8.54. The summed E-state index contributed by atoms with van der Waals surface area (Å²) in [5.74, 6) is -0.824. The molecule has 0 rings (SSSR count). The Kier molecular flexibility index (Phi) is 8.24. The molecule has 0 aromatic rings. The summed E-state index contributed by atoms with van der Waals surface area (Å²) in [6.45, 7) is 2.16. The molecule has 0 bridgehead atoms. The summed E-state index contributed by atoms with van der Waals surface area (Å²) in [6, 6.07) is 0. The van der Waals surface area contributed by atoms with Gasteiger partial charge in [-0.1, -0.05) is 31.9 Å². The lowest BCUT2D eigenvalue weighted by Gasteiger charge is -2.06. The monoisotopic (exact) mass is 200 g/mol. The SMILES string of the molecule is CCCCC/C=C/C(CC(=O)O)OC. The first-order valence-corrected chi connectivity index (χ1v) is 5.12. The standard InChI is InChI=1S/C11H20O3/c1-3-4-5-6-7-8-10(14-2)9-11(12)13/h7-8,10H,3-6,9H2,1-2H3,(H,12,13)/b8-7+. The maximum atomic E-state index is 10.4. The second kappa shape index (κ2) is 8.75. The molecule has 0 saturated heterocycles. The van der Waals surface area contributed by atoms with Gasteiger partial charge in [-0.25, -0.2) is 0 Å². The maximum Gasteiger partial charge on any atom is 0.306 e. The number of unbranched alkanes of at least 4 members (excludes halogenated alkanes) is 3. The van der Waals surface area contributed by atoms with E-state index in [9.17, 15) is 4.79 Å². The first-order chi connectivity index (χ1) is 6.70. The van der Waals surface area contributed by atoms with Crippen LogP contribution in [0.2, 0.25) is 0 Å². The van der Waals surface area contributed by atoms with Crippen LogP contribution in [0.5, 0.6) is 0 Å². The van der Waals surface area contributed by atoms with Crippen molar-refractivity contribution in [1.29, 1.82) is 0 Å². The van der Waals surface area contributed by atoms with Crippen molar-refractivity contribution < 1.29 is 14.6 Å². The summed E-state index contributed by atoms with van der Waals surface area (Å²) in [4.78, 5) is 10.4. The normalized spacial score (nSPS) is 13.3. The summed E-state index contributed by atoms with van der Waals surface area (Å²) in [6.07, 6.45) is 8.20. The number of carbonyl (C=O) groups is 1. The van der Waals surface area contributed by atoms with Crippen LogP contribution in [0.4, 0.5) is 0 Å². The van der Waals surface area contributed by atoms with Gasteiger partial charge in [-0.2, -0.15) is 0 Å². The molecule has 1 N–H and O–H groups in total. The van der Waals surface area contributed by atoms with E-state index in [1.54, 1.807) is 0 Å². The van der Waals surface area contributed by atoms with Crippen LogP contribution >= 0.6 is 0 Å². The van der Waals surface area contributed by atoms with Crippen LogP contribution in [0.1, 0.15) is 39.0 Å². The van der Waals surface area contributed by atoms with Crippen molar-refractivity contribution in [3.63, 3.8) is 0 Å². The molecule has 0 heterocycles. The van der Waals surface area contributed by atoms with Crippen LogP contribution in [0.25, 0.3) is 0 Å². The quantitative estimate of drug-likeness (QED) is 0.484. The van der Waals surface area contributed by atoms with Crippen molar-refractivity contribution in [3.05, 3.63) is 12.2 Å². The number of hydrogen-bond donors (Lipinski definition) is 1. The zero-order valence-electron chi connectivity index (χ0n) is 9.03. The molecular formula is C11H20O3. The topological polar surface area (TPSA) is 46.5 Å². The van der Waals surface area contributed by atoms with E-state index in [0.717, 1.165) is 12.8 Å². The molecule has 3 nitrogen and oxygen atoms in total. The van der Waals surface area contributed by atoms with E-state index in [4.69, 9.17) is 9.84 Å². The average molecular weight is 200 g/mol. The minimum atomic E-state index is -0.824. The second-order valence-corrected chi connectivity index (χ2v) is 3.30. The average Bonchev–Trinajstić information content (AvgIpc) is 2.15. The molecule has 0 aromatic heterocycles. The Labute approximate surface area is 85.8 Å². The van der Waals surface area contributed by atoms with Crippen LogP contribution in [-0.4, -0.2) is 24.3 Å². The van der Waals surface area contributed by atoms with Crippen LogP contribution in [0.3, 0.4) is 0 Å². The Morgan fingerprint density at radius 1 is 1.50 bits per heavy atom. The summed E-state index contributed by atoms with van der Waals surface area (Å²) < 4.78 is 5.00. The van der Waals surface area contributed by atoms with E-state index >= 15 is 0 Å². The van der Waals surface area contributed by atoms with Gasteiger partial charge in [-0.3, -0.25) is 4.79 Å². The Hall–Kier alpha value is -0.830. The summed E-state index contributed by atoms with van der Waals surface area (Å²) in [5.41, 5.74) is 0. The molecule has 3 heteroatoms. The molecular weight excluding hydrogens is 180 g/mol. The molecule has 0 aliphatic carbocycles. The zero-order valence-corrected chi connectivity index (χ0v) is 9.03. The van der Waals surface area contributed by atoms with Crippen LogP contribution in [0, 0.1) is 0 Å². The predicted octanol–water partition coefficient (Wildman–Crippen LogP) is 2.61. The van der Waals surface area contributed by atoms with Crippen LogP contribution in [0.15, 0.2) is 12.2 Å². The van der Waals surface area contributed by atoms with E-state index in [1.807, 2.05) is 12.2 Å². The lowest BCUT2D eigenvalue weighted by molar-refractivity contribution is -0.138. The van der Waals surface area contributed by atoms with Crippen molar-refractivity contribution in [3.8, 4) is 0 Å². The van der Waals surface area contributed by atoms with Gasteiger partial charge >= 0.3 is 5.97 Å². The molecule has 0 saturated carbocycles. The number of rotatable bonds is 8. The highest BCUT2D eigenvalue weighted by molar-refractivity contribution is 5.67. The van der Waals surface area contributed by atoms with Gasteiger partial charge < -0.3 is 9.84 Å². The molecule has 0 amide bonds. The van der Waals surface area contributed by atoms with Crippen molar-refractivity contribution in [1.82, 2.24) is 0 Å². The van der Waals surface area contributed by atoms with E-state index in [0.29, 0.717) is 0 Å². The number of carboxylic acids is 1. The molecule has 0 spiro atoms. The van der Waals surface area contributed by atoms with Crippen molar-refractivity contribution >= 4 is 5.97 Å². The predicted molar refractivity (Wildman–Crippen MR) is 56.3 cm³/mol. The molecule has 1 atom stereocenters. The van der Waals surface area contributed by atoms with E-state index in [1.165, 1.54) is 20.0 Å². The molecule has 0 aromatic carbocycles. The highest BCUT2D eigenvalue weighted by atomic mass is 16.5. The summed E-state index contributed by atoms with van der Waals surface area (Å²) >= 11 is 0. The van der Waals surface area contributed by atoms with Crippen LogP contribution < -0.4 is 0 Å². The van der Waals surface area contributed by atoms with Gasteiger partial charge in [-0.05, 0) is 12.8 Å². The van der Waals surface area contributed by atoms with Gasteiger partial charge in [0, 0.05) is 7.11 Å².